The molecule has 8 nitrogen and oxygen atoms in total. The Hall–Kier alpha value is -2.85. The maximum atomic E-state index is 11.1. The maximum absolute atomic E-state index is 11.1. The first kappa shape index (κ1) is 19.5. The van der Waals surface area contributed by atoms with Gasteiger partial charge in [-0.25, -0.2) is 9.97 Å². The number of hydrogen-bond donors (Lipinski definition) is 1. The zero-order valence-electron chi connectivity index (χ0n) is 16.1. The zero-order valence-corrected chi connectivity index (χ0v) is 17.7. The van der Waals surface area contributed by atoms with Gasteiger partial charge in [0.15, 0.2) is 5.11 Å². The second kappa shape index (κ2) is 7.88. The highest BCUT2D eigenvalue weighted by atomic mass is 32.1. The minimum atomic E-state index is -0.378. The maximum Gasteiger partial charge on any atom is 0.274 e. The molecule has 0 atom stereocenters. The lowest BCUT2D eigenvalue weighted by atomic mass is 10.2. The van der Waals surface area contributed by atoms with Crippen LogP contribution < -0.4 is 10.2 Å². The van der Waals surface area contributed by atoms with Crippen LogP contribution in [0.5, 0.6) is 0 Å². The molecule has 0 saturated carbocycles. The minimum Gasteiger partial charge on any atom is -0.352 e. The van der Waals surface area contributed by atoms with Gasteiger partial charge < -0.3 is 15.1 Å². The number of nitro benzene ring substituents is 1. The van der Waals surface area contributed by atoms with E-state index in [4.69, 9.17) is 12.2 Å². The summed E-state index contributed by atoms with van der Waals surface area (Å²) in [5.41, 5.74) is 2.53. The Bertz CT molecular complexity index is 1090. The molecule has 0 bridgehead atoms. The van der Waals surface area contributed by atoms with Crippen LogP contribution in [0.4, 0.5) is 17.2 Å². The van der Waals surface area contributed by atoms with E-state index in [1.807, 2.05) is 6.07 Å². The molecule has 0 amide bonds. The third-order valence-corrected chi connectivity index (χ3v) is 6.42. The highest BCUT2D eigenvalue weighted by Gasteiger charge is 2.23. The average molecular weight is 429 g/mol. The van der Waals surface area contributed by atoms with E-state index >= 15 is 0 Å². The summed E-state index contributed by atoms with van der Waals surface area (Å²) in [6.07, 6.45) is 1.62. The van der Waals surface area contributed by atoms with Gasteiger partial charge in [0.25, 0.3) is 5.69 Å². The van der Waals surface area contributed by atoms with Crippen molar-refractivity contribution < 1.29 is 4.92 Å². The number of benzene rings is 1. The number of fused-ring (bicyclic) bond motifs is 1. The molecule has 0 spiro atoms. The lowest BCUT2D eigenvalue weighted by Gasteiger charge is -2.37. The van der Waals surface area contributed by atoms with Crippen molar-refractivity contribution in [2.45, 2.75) is 13.8 Å². The monoisotopic (exact) mass is 428 g/mol. The third kappa shape index (κ3) is 3.85. The molecule has 1 saturated heterocycles. The highest BCUT2D eigenvalue weighted by Crippen LogP contribution is 2.31. The number of thiophene rings is 1. The fraction of sp³-hybridized carbons (Fsp3) is 0.316. The Morgan fingerprint density at radius 3 is 2.69 bits per heavy atom. The molecule has 0 aliphatic carbocycles. The van der Waals surface area contributed by atoms with Gasteiger partial charge in [0.2, 0.25) is 0 Å². The van der Waals surface area contributed by atoms with Crippen molar-refractivity contribution in [3.8, 4) is 0 Å². The first-order valence-corrected chi connectivity index (χ1v) is 10.5. The van der Waals surface area contributed by atoms with Gasteiger partial charge >= 0.3 is 0 Å². The Labute approximate surface area is 177 Å². The number of piperazine rings is 1. The van der Waals surface area contributed by atoms with E-state index in [2.05, 4.69) is 37.4 Å². The highest BCUT2D eigenvalue weighted by molar-refractivity contribution is 7.80. The first-order valence-electron chi connectivity index (χ1n) is 9.19. The van der Waals surface area contributed by atoms with Crippen LogP contribution in [0.1, 0.15) is 11.1 Å². The van der Waals surface area contributed by atoms with Crippen LogP contribution in [-0.4, -0.2) is 51.1 Å². The molecule has 1 aliphatic heterocycles. The molecule has 3 aromatic rings. The average Bonchev–Trinajstić information content (AvgIpc) is 3.10. The molecule has 1 N–H and O–H groups in total. The second-order valence-electron chi connectivity index (χ2n) is 6.96. The molecule has 150 valence electrons. The number of anilines is 2. The van der Waals surface area contributed by atoms with Crippen molar-refractivity contribution in [2.24, 2.45) is 0 Å². The van der Waals surface area contributed by atoms with Gasteiger partial charge in [-0.1, -0.05) is 6.07 Å². The molecule has 0 unspecified atom stereocenters. The fourth-order valence-electron chi connectivity index (χ4n) is 3.45. The molecule has 2 aromatic heterocycles. The number of aryl methyl sites for hydroxylation is 2. The number of nitrogens with zero attached hydrogens (tertiary/aromatic N) is 5. The number of nitrogens with one attached hydrogen (secondary N) is 1. The molecule has 1 aromatic carbocycles. The van der Waals surface area contributed by atoms with Gasteiger partial charge in [-0.15, -0.1) is 11.3 Å². The van der Waals surface area contributed by atoms with Crippen molar-refractivity contribution in [3.05, 3.63) is 51.1 Å². The van der Waals surface area contributed by atoms with Gasteiger partial charge in [0.1, 0.15) is 17.0 Å². The van der Waals surface area contributed by atoms with E-state index in [0.29, 0.717) is 16.4 Å². The zero-order chi connectivity index (χ0) is 20.5. The summed E-state index contributed by atoms with van der Waals surface area (Å²) in [5.74, 6) is 0.974. The van der Waals surface area contributed by atoms with Crippen LogP contribution in [0.15, 0.2) is 29.9 Å². The summed E-state index contributed by atoms with van der Waals surface area (Å²) < 4.78 is 0. The normalized spacial score (nSPS) is 14.3. The van der Waals surface area contributed by atoms with Gasteiger partial charge in [-0.05, 0) is 43.1 Å². The SMILES string of the molecule is Cc1ccc(NC(=S)N2CCN(c3ncnc4scc(C)c34)CC2)cc1[N+](=O)[O-]. The molecule has 29 heavy (non-hydrogen) atoms. The van der Waals surface area contributed by atoms with Gasteiger partial charge in [0.05, 0.1) is 10.3 Å². The van der Waals surface area contributed by atoms with Crippen LogP contribution in [-0.2, 0) is 0 Å². The molecule has 1 fully saturated rings. The van der Waals surface area contributed by atoms with Crippen molar-refractivity contribution >= 4 is 56.1 Å². The summed E-state index contributed by atoms with van der Waals surface area (Å²) in [6.45, 7) is 6.87. The second-order valence-corrected chi connectivity index (χ2v) is 8.20. The molecule has 4 rings (SSSR count). The number of aromatic nitrogens is 2. The fourth-order valence-corrected chi connectivity index (χ4v) is 4.63. The van der Waals surface area contributed by atoms with Crippen LogP contribution in [0.3, 0.4) is 0 Å². The van der Waals surface area contributed by atoms with E-state index in [1.54, 1.807) is 30.7 Å². The summed E-state index contributed by atoms with van der Waals surface area (Å²) in [6, 6.07) is 5.06. The van der Waals surface area contributed by atoms with Crippen LogP contribution in [0, 0.1) is 24.0 Å². The number of nitro groups is 1. The molecular weight excluding hydrogens is 408 g/mol. The lowest BCUT2D eigenvalue weighted by Crippen LogP contribution is -2.50. The third-order valence-electron chi connectivity index (χ3n) is 5.06. The minimum absolute atomic E-state index is 0.0848. The summed E-state index contributed by atoms with van der Waals surface area (Å²) in [4.78, 5) is 25.0. The van der Waals surface area contributed by atoms with Crippen molar-refractivity contribution in [1.82, 2.24) is 14.9 Å². The number of rotatable bonds is 3. The van der Waals surface area contributed by atoms with Crippen molar-refractivity contribution in [2.75, 3.05) is 36.4 Å². The first-order chi connectivity index (χ1) is 13.9. The van der Waals surface area contributed by atoms with Gasteiger partial charge in [0, 0.05) is 43.5 Å². The molecular formula is C19H20N6O2S2. The van der Waals surface area contributed by atoms with Crippen LogP contribution in [0.2, 0.25) is 0 Å². The van der Waals surface area contributed by atoms with E-state index < -0.39 is 0 Å². The van der Waals surface area contributed by atoms with Crippen molar-refractivity contribution in [1.29, 1.82) is 0 Å². The Kier molecular flexibility index (Phi) is 5.29. The number of thiocarbonyl (C=S) groups is 1. The van der Waals surface area contributed by atoms with E-state index in [1.165, 1.54) is 11.6 Å². The Morgan fingerprint density at radius 2 is 1.97 bits per heavy atom. The molecule has 0 radical (unpaired) electrons. The van der Waals surface area contributed by atoms with E-state index in [0.717, 1.165) is 42.2 Å². The number of hydrogen-bond acceptors (Lipinski definition) is 7. The van der Waals surface area contributed by atoms with E-state index in [-0.39, 0.29) is 10.6 Å². The van der Waals surface area contributed by atoms with Gasteiger partial charge in [-0.2, -0.15) is 0 Å². The molecule has 3 heterocycles. The van der Waals surface area contributed by atoms with Gasteiger partial charge in [-0.3, -0.25) is 10.1 Å². The standard InChI is InChI=1S/C19H20N6O2S2/c1-12-3-4-14(9-15(12)25(26)27)22-19(28)24-7-5-23(6-8-24)17-16-13(2)10-29-18(16)21-11-20-17/h3-4,9-11H,5-8H2,1-2H3,(H,22,28). The van der Waals surface area contributed by atoms with Crippen molar-refractivity contribution in [3.63, 3.8) is 0 Å². The predicted octanol–water partition coefficient (Wildman–Crippen LogP) is 3.74. The van der Waals surface area contributed by atoms with Crippen LogP contribution >= 0.6 is 23.6 Å². The quantitative estimate of drug-likeness (QED) is 0.384. The Balaban J connectivity index is 1.43. The topological polar surface area (TPSA) is 87.4 Å². The summed E-state index contributed by atoms with van der Waals surface area (Å²) in [5, 5.41) is 18.1. The molecule has 10 heteroatoms. The molecule has 1 aliphatic rings. The summed E-state index contributed by atoms with van der Waals surface area (Å²) in [7, 11) is 0. The largest absolute Gasteiger partial charge is 0.352 e. The smallest absolute Gasteiger partial charge is 0.274 e. The summed E-state index contributed by atoms with van der Waals surface area (Å²) >= 11 is 7.18. The Morgan fingerprint density at radius 1 is 1.21 bits per heavy atom. The van der Waals surface area contributed by atoms with Crippen LogP contribution in [0.25, 0.3) is 10.2 Å². The lowest BCUT2D eigenvalue weighted by molar-refractivity contribution is -0.385. The predicted molar refractivity (Wildman–Crippen MR) is 120 cm³/mol. The van der Waals surface area contributed by atoms with E-state index in [9.17, 15) is 10.1 Å².